The average molecular weight is 486 g/mol. The van der Waals surface area contributed by atoms with Gasteiger partial charge in [-0.05, 0) is 53.4 Å². The molecule has 1 fully saturated rings. The minimum absolute atomic E-state index is 0.161. The highest BCUT2D eigenvalue weighted by molar-refractivity contribution is 6.23. The molecule has 0 spiro atoms. The zero-order valence-electron chi connectivity index (χ0n) is 20.1. The highest BCUT2D eigenvalue weighted by atomic mass is 16.5. The van der Waals surface area contributed by atoms with Crippen molar-refractivity contribution in [3.63, 3.8) is 0 Å². The summed E-state index contributed by atoms with van der Waals surface area (Å²) < 4.78 is 5.60. The molecule has 4 aliphatic rings. The molecule has 3 aliphatic carbocycles. The first kappa shape index (κ1) is 21.7. The van der Waals surface area contributed by atoms with Crippen molar-refractivity contribution in [2.45, 2.75) is 18.8 Å². The number of esters is 1. The Morgan fingerprint density at radius 3 is 1.70 bits per heavy atom. The maximum Gasteiger partial charge on any atom is 0.343 e. The van der Waals surface area contributed by atoms with Crippen LogP contribution in [-0.4, -0.2) is 17.8 Å². The van der Waals surface area contributed by atoms with Gasteiger partial charge in [-0.15, -0.1) is 0 Å². The normalized spacial score (nSPS) is 22.9. The Morgan fingerprint density at radius 1 is 0.676 bits per heavy atom. The maximum absolute atomic E-state index is 13.9. The van der Waals surface area contributed by atoms with E-state index in [4.69, 9.17) is 4.74 Å². The van der Waals surface area contributed by atoms with Crippen molar-refractivity contribution in [2.75, 3.05) is 4.90 Å². The molecule has 37 heavy (non-hydrogen) atoms. The lowest BCUT2D eigenvalue weighted by Crippen LogP contribution is -2.41. The maximum atomic E-state index is 13.9. The summed E-state index contributed by atoms with van der Waals surface area (Å²) in [6, 6.07) is 30.2. The van der Waals surface area contributed by atoms with Crippen molar-refractivity contribution >= 4 is 23.5 Å². The standard InChI is InChI=1S/C32H23NO4/c1-18-13-15-19(16-14-18)32(36)37-21-8-6-7-20(17-21)33-30(34)28-26-22-9-2-3-10-23(22)27(29(28)31(33)35)25-12-5-4-11-24(25)26/h2-17,26-29H,1H3/t26?,27?,28-,29-/m0/s1. The van der Waals surface area contributed by atoms with E-state index in [0.29, 0.717) is 11.3 Å². The minimum atomic E-state index is -0.492. The van der Waals surface area contributed by atoms with Crippen molar-refractivity contribution in [3.8, 4) is 5.75 Å². The summed E-state index contributed by atoms with van der Waals surface area (Å²) in [6.45, 7) is 1.95. The lowest BCUT2D eigenvalue weighted by atomic mass is 9.55. The van der Waals surface area contributed by atoms with E-state index in [0.717, 1.165) is 27.8 Å². The van der Waals surface area contributed by atoms with Crippen LogP contribution in [0.2, 0.25) is 0 Å². The van der Waals surface area contributed by atoms with E-state index in [1.807, 2.05) is 43.3 Å². The van der Waals surface area contributed by atoms with Crippen LogP contribution in [0, 0.1) is 18.8 Å². The van der Waals surface area contributed by atoms with E-state index >= 15 is 0 Å². The zero-order valence-corrected chi connectivity index (χ0v) is 20.1. The summed E-state index contributed by atoms with van der Waals surface area (Å²) in [5.74, 6) is -1.84. The number of benzene rings is 4. The number of imide groups is 1. The number of ether oxygens (including phenoxy) is 1. The third-order valence-electron chi connectivity index (χ3n) is 8.02. The minimum Gasteiger partial charge on any atom is -0.423 e. The lowest BCUT2D eigenvalue weighted by molar-refractivity contribution is -0.122. The molecule has 8 rings (SSSR count). The summed E-state index contributed by atoms with van der Waals surface area (Å²) in [6.07, 6.45) is 0. The Bertz CT molecular complexity index is 1490. The third-order valence-corrected chi connectivity index (χ3v) is 8.02. The summed E-state index contributed by atoms with van der Waals surface area (Å²) in [5, 5.41) is 0. The Hall–Kier alpha value is -4.51. The molecule has 1 heterocycles. The van der Waals surface area contributed by atoms with E-state index in [9.17, 15) is 14.4 Å². The molecule has 4 aromatic carbocycles. The molecule has 5 nitrogen and oxygen atoms in total. The van der Waals surface area contributed by atoms with Crippen LogP contribution < -0.4 is 9.64 Å². The predicted octanol–water partition coefficient (Wildman–Crippen LogP) is 5.61. The number of rotatable bonds is 3. The second-order valence-electron chi connectivity index (χ2n) is 10.0. The topological polar surface area (TPSA) is 63.7 Å². The smallest absolute Gasteiger partial charge is 0.343 e. The second kappa shape index (κ2) is 8.00. The van der Waals surface area contributed by atoms with E-state index in [1.54, 1.807) is 36.4 Å². The van der Waals surface area contributed by atoms with Gasteiger partial charge in [-0.2, -0.15) is 0 Å². The van der Waals surface area contributed by atoms with Crippen LogP contribution in [0.1, 0.15) is 50.0 Å². The Kier molecular flexibility index (Phi) is 4.70. The van der Waals surface area contributed by atoms with Crippen molar-refractivity contribution < 1.29 is 19.1 Å². The molecule has 0 unspecified atom stereocenters. The number of carbonyl (C=O) groups is 3. The molecule has 2 bridgehead atoms. The number of nitrogens with zero attached hydrogens (tertiary/aromatic N) is 1. The van der Waals surface area contributed by atoms with Crippen LogP contribution in [0.5, 0.6) is 5.75 Å². The van der Waals surface area contributed by atoms with Crippen molar-refractivity contribution in [3.05, 3.63) is 130 Å². The van der Waals surface area contributed by atoms with Gasteiger partial charge in [0.2, 0.25) is 11.8 Å². The van der Waals surface area contributed by atoms with E-state index in [1.165, 1.54) is 4.90 Å². The number of anilines is 1. The van der Waals surface area contributed by atoms with Gasteiger partial charge in [-0.1, -0.05) is 72.3 Å². The fraction of sp³-hybridized carbons (Fsp3) is 0.156. The van der Waals surface area contributed by atoms with Gasteiger partial charge in [0.25, 0.3) is 0 Å². The first-order valence-corrected chi connectivity index (χ1v) is 12.5. The molecule has 180 valence electrons. The van der Waals surface area contributed by atoms with Gasteiger partial charge in [0.05, 0.1) is 23.1 Å². The van der Waals surface area contributed by atoms with E-state index in [2.05, 4.69) is 24.3 Å². The SMILES string of the molecule is Cc1ccc(C(=O)Oc2cccc(N3C(=O)[C@H]4C5c6ccccc6C(c6ccccc65)[C@@H]4C3=O)c2)cc1. The molecule has 0 saturated carbocycles. The number of aryl methyl sites for hydroxylation is 1. The van der Waals surface area contributed by atoms with Gasteiger partial charge in [0.1, 0.15) is 5.75 Å². The zero-order chi connectivity index (χ0) is 25.3. The number of amides is 2. The summed E-state index contributed by atoms with van der Waals surface area (Å²) in [7, 11) is 0. The average Bonchev–Trinajstić information content (AvgIpc) is 3.19. The molecule has 4 aromatic rings. The summed E-state index contributed by atoms with van der Waals surface area (Å²) >= 11 is 0. The third kappa shape index (κ3) is 3.13. The van der Waals surface area contributed by atoms with Gasteiger partial charge in [-0.3, -0.25) is 9.59 Å². The van der Waals surface area contributed by atoms with Crippen molar-refractivity contribution in [1.82, 2.24) is 0 Å². The quantitative estimate of drug-likeness (QED) is 0.215. The van der Waals surface area contributed by atoms with Crippen LogP contribution in [0.4, 0.5) is 5.69 Å². The predicted molar refractivity (Wildman–Crippen MR) is 139 cm³/mol. The highest BCUT2D eigenvalue weighted by Crippen LogP contribution is 2.61. The first-order valence-electron chi connectivity index (χ1n) is 12.5. The summed E-state index contributed by atoms with van der Waals surface area (Å²) in [5.41, 5.74) is 6.44. The van der Waals surface area contributed by atoms with Crippen LogP contribution in [-0.2, 0) is 9.59 Å². The Morgan fingerprint density at radius 2 is 1.19 bits per heavy atom. The molecule has 5 heteroatoms. The van der Waals surface area contributed by atoms with Crippen LogP contribution in [0.15, 0.2) is 97.1 Å². The fourth-order valence-electron chi connectivity index (χ4n) is 6.47. The number of hydrogen-bond acceptors (Lipinski definition) is 4. The molecule has 0 N–H and O–H groups in total. The van der Waals surface area contributed by atoms with E-state index < -0.39 is 17.8 Å². The van der Waals surface area contributed by atoms with Gasteiger partial charge in [0, 0.05) is 17.9 Å². The molecule has 2 atom stereocenters. The molecule has 0 radical (unpaired) electrons. The van der Waals surface area contributed by atoms with Gasteiger partial charge >= 0.3 is 5.97 Å². The number of hydrogen-bond donors (Lipinski definition) is 0. The first-order chi connectivity index (χ1) is 18.0. The summed E-state index contributed by atoms with van der Waals surface area (Å²) in [4.78, 5) is 41.9. The van der Waals surface area contributed by atoms with Crippen LogP contribution in [0.3, 0.4) is 0 Å². The van der Waals surface area contributed by atoms with E-state index in [-0.39, 0.29) is 29.4 Å². The van der Waals surface area contributed by atoms with Crippen molar-refractivity contribution in [1.29, 1.82) is 0 Å². The number of carbonyl (C=O) groups excluding carboxylic acids is 3. The Balaban J connectivity index is 1.25. The molecule has 2 amide bonds. The largest absolute Gasteiger partial charge is 0.423 e. The van der Waals surface area contributed by atoms with Crippen LogP contribution in [0.25, 0.3) is 0 Å². The van der Waals surface area contributed by atoms with Gasteiger partial charge in [-0.25, -0.2) is 9.69 Å². The lowest BCUT2D eigenvalue weighted by Gasteiger charge is -2.45. The molecule has 0 aromatic heterocycles. The van der Waals surface area contributed by atoms with Gasteiger partial charge in [0.15, 0.2) is 0 Å². The monoisotopic (exact) mass is 485 g/mol. The molecule has 1 saturated heterocycles. The molecule has 1 aliphatic heterocycles. The van der Waals surface area contributed by atoms with Crippen LogP contribution >= 0.6 is 0 Å². The second-order valence-corrected chi connectivity index (χ2v) is 10.0. The molecular formula is C32H23NO4. The Labute approximate surface area is 214 Å². The van der Waals surface area contributed by atoms with Crippen molar-refractivity contribution in [2.24, 2.45) is 11.8 Å². The highest BCUT2D eigenvalue weighted by Gasteiger charge is 2.61. The van der Waals surface area contributed by atoms with Gasteiger partial charge < -0.3 is 4.74 Å². The molecular weight excluding hydrogens is 462 g/mol. The fourth-order valence-corrected chi connectivity index (χ4v) is 6.47.